The Bertz CT molecular complexity index is 1440. The molecule has 4 aromatic carbocycles. The van der Waals surface area contributed by atoms with Crippen LogP contribution in [0.2, 0.25) is 0 Å². The fourth-order valence-electron chi connectivity index (χ4n) is 5.77. The number of aromatic nitrogens is 2. The van der Waals surface area contributed by atoms with Crippen molar-refractivity contribution in [3.05, 3.63) is 132 Å². The molecular formula is C34H36N4S. The summed E-state index contributed by atoms with van der Waals surface area (Å²) in [5, 5.41) is 0. The summed E-state index contributed by atoms with van der Waals surface area (Å²) in [5.74, 6) is 2.13. The van der Waals surface area contributed by atoms with Crippen LogP contribution in [-0.4, -0.2) is 51.3 Å². The maximum absolute atomic E-state index is 4.92. The number of aryl methyl sites for hydroxylation is 2. The van der Waals surface area contributed by atoms with Crippen molar-refractivity contribution >= 4 is 22.8 Å². The number of hydrogen-bond donors (Lipinski definition) is 0. The first-order valence-electron chi connectivity index (χ1n) is 13.9. The molecular weight excluding hydrogens is 496 g/mol. The summed E-state index contributed by atoms with van der Waals surface area (Å²) in [6.07, 6.45) is 0. The summed E-state index contributed by atoms with van der Waals surface area (Å²) < 4.78 is 2.36. The summed E-state index contributed by atoms with van der Waals surface area (Å²) >= 11 is 1.90. The van der Waals surface area contributed by atoms with Gasteiger partial charge in [0.05, 0.1) is 17.1 Å². The summed E-state index contributed by atoms with van der Waals surface area (Å²) in [7, 11) is 0. The van der Waals surface area contributed by atoms with Gasteiger partial charge in [-0.05, 0) is 47.9 Å². The maximum atomic E-state index is 4.92. The fraction of sp³-hybridized carbons (Fsp3) is 0.265. The topological polar surface area (TPSA) is 24.3 Å². The van der Waals surface area contributed by atoms with Gasteiger partial charge in [0.25, 0.3) is 0 Å². The second kappa shape index (κ2) is 12.2. The van der Waals surface area contributed by atoms with Crippen LogP contribution in [0, 0.1) is 6.92 Å². The molecule has 2 heterocycles. The van der Waals surface area contributed by atoms with Gasteiger partial charge in [0.15, 0.2) is 0 Å². The Kier molecular flexibility index (Phi) is 8.10. The first-order chi connectivity index (χ1) is 19.2. The van der Waals surface area contributed by atoms with Gasteiger partial charge in [0.2, 0.25) is 0 Å². The minimum Gasteiger partial charge on any atom is -0.327 e. The van der Waals surface area contributed by atoms with E-state index in [1.165, 1.54) is 27.1 Å². The van der Waals surface area contributed by atoms with Gasteiger partial charge in [-0.25, -0.2) is 4.98 Å². The molecule has 0 unspecified atom stereocenters. The van der Waals surface area contributed by atoms with Gasteiger partial charge in [0.1, 0.15) is 5.82 Å². The molecule has 0 atom stereocenters. The molecule has 1 aliphatic heterocycles. The minimum absolute atomic E-state index is 0.304. The Labute approximate surface area is 236 Å². The van der Waals surface area contributed by atoms with E-state index in [2.05, 4.69) is 130 Å². The van der Waals surface area contributed by atoms with E-state index in [1.807, 2.05) is 11.8 Å². The number of imidazole rings is 1. The molecule has 0 amide bonds. The van der Waals surface area contributed by atoms with Crippen molar-refractivity contribution in [3.63, 3.8) is 0 Å². The Hall–Kier alpha value is -3.38. The van der Waals surface area contributed by atoms with Gasteiger partial charge < -0.3 is 4.57 Å². The molecule has 1 aromatic heterocycles. The van der Waals surface area contributed by atoms with E-state index in [9.17, 15) is 0 Å². The van der Waals surface area contributed by atoms with E-state index in [4.69, 9.17) is 4.98 Å². The zero-order valence-electron chi connectivity index (χ0n) is 22.6. The Balaban J connectivity index is 1.09. The van der Waals surface area contributed by atoms with Crippen LogP contribution in [0.25, 0.3) is 11.0 Å². The van der Waals surface area contributed by atoms with Gasteiger partial charge in [-0.2, -0.15) is 0 Å². The van der Waals surface area contributed by atoms with E-state index >= 15 is 0 Å². The summed E-state index contributed by atoms with van der Waals surface area (Å²) in [5.41, 5.74) is 6.44. The van der Waals surface area contributed by atoms with E-state index < -0.39 is 0 Å². The molecule has 4 nitrogen and oxygen atoms in total. The van der Waals surface area contributed by atoms with Crippen molar-refractivity contribution in [1.29, 1.82) is 0 Å². The highest BCUT2D eigenvalue weighted by Gasteiger charge is 2.26. The first-order valence-corrected chi connectivity index (χ1v) is 14.9. The molecule has 0 spiro atoms. The number of benzene rings is 4. The highest BCUT2D eigenvalue weighted by Crippen LogP contribution is 2.30. The van der Waals surface area contributed by atoms with Crippen molar-refractivity contribution in [1.82, 2.24) is 19.4 Å². The van der Waals surface area contributed by atoms with Gasteiger partial charge in [-0.1, -0.05) is 84.9 Å². The second-order valence-electron chi connectivity index (χ2n) is 10.3. The number of hydrogen-bond acceptors (Lipinski definition) is 4. The maximum Gasteiger partial charge on any atom is 0.106 e. The highest BCUT2D eigenvalue weighted by molar-refractivity contribution is 7.99. The van der Waals surface area contributed by atoms with Crippen LogP contribution in [0.3, 0.4) is 0 Å². The minimum atomic E-state index is 0.304. The van der Waals surface area contributed by atoms with Crippen molar-refractivity contribution in [2.24, 2.45) is 0 Å². The molecule has 0 N–H and O–H groups in total. The van der Waals surface area contributed by atoms with Crippen LogP contribution < -0.4 is 0 Å². The normalized spacial score (nSPS) is 14.8. The van der Waals surface area contributed by atoms with Gasteiger partial charge in [0, 0.05) is 49.9 Å². The van der Waals surface area contributed by atoms with Crippen LogP contribution in [0.1, 0.15) is 28.6 Å². The number of thioether (sulfide) groups is 1. The predicted octanol–water partition coefficient (Wildman–Crippen LogP) is 7.04. The molecule has 6 rings (SSSR count). The lowest BCUT2D eigenvalue weighted by Crippen LogP contribution is -2.47. The van der Waals surface area contributed by atoms with E-state index in [0.29, 0.717) is 6.04 Å². The third-order valence-corrected chi connectivity index (χ3v) is 8.73. The Morgan fingerprint density at radius 2 is 1.36 bits per heavy atom. The summed E-state index contributed by atoms with van der Waals surface area (Å²) in [6, 6.07) is 39.7. The zero-order chi connectivity index (χ0) is 26.4. The van der Waals surface area contributed by atoms with Crippen LogP contribution in [0.15, 0.2) is 114 Å². The highest BCUT2D eigenvalue weighted by atomic mass is 32.2. The lowest BCUT2D eigenvalue weighted by molar-refractivity contribution is 0.105. The van der Waals surface area contributed by atoms with Crippen molar-refractivity contribution in [3.8, 4) is 0 Å². The van der Waals surface area contributed by atoms with Gasteiger partial charge in [-0.15, -0.1) is 11.8 Å². The monoisotopic (exact) mass is 532 g/mol. The average Bonchev–Trinajstić information content (AvgIpc) is 3.30. The van der Waals surface area contributed by atoms with Crippen LogP contribution >= 0.6 is 11.8 Å². The molecule has 39 heavy (non-hydrogen) atoms. The van der Waals surface area contributed by atoms with Crippen LogP contribution in [0.4, 0.5) is 0 Å². The molecule has 0 saturated carbocycles. The summed E-state index contributed by atoms with van der Waals surface area (Å²) in [6.45, 7) is 8.32. The molecule has 0 radical (unpaired) electrons. The number of piperazine rings is 1. The van der Waals surface area contributed by atoms with Gasteiger partial charge in [-0.3, -0.25) is 9.80 Å². The third kappa shape index (κ3) is 6.11. The van der Waals surface area contributed by atoms with Crippen molar-refractivity contribution < 1.29 is 0 Å². The quantitative estimate of drug-likeness (QED) is 0.190. The lowest BCUT2D eigenvalue weighted by atomic mass is 9.96. The molecule has 1 fully saturated rings. The largest absolute Gasteiger partial charge is 0.327 e. The van der Waals surface area contributed by atoms with Crippen LogP contribution in [-0.2, 0) is 13.1 Å². The summed E-state index contributed by atoms with van der Waals surface area (Å²) in [4.78, 5) is 11.5. The molecule has 1 aliphatic rings. The van der Waals surface area contributed by atoms with Crippen molar-refractivity contribution in [2.75, 3.05) is 31.9 Å². The standard InChI is InChI=1S/C34H36N4S/c1-27-35-32-25-28(17-18-33(32)38(27)23-24-39-31-15-9-4-10-16-31)26-36-19-21-37(22-20-36)34(29-11-5-2-6-12-29)30-13-7-3-8-14-30/h2-18,25,34H,19-24,26H2,1H3. The van der Waals surface area contributed by atoms with E-state index in [1.54, 1.807) is 0 Å². The van der Waals surface area contributed by atoms with Gasteiger partial charge >= 0.3 is 0 Å². The number of rotatable bonds is 9. The molecule has 1 saturated heterocycles. The number of fused-ring (bicyclic) bond motifs is 1. The molecule has 198 valence electrons. The lowest BCUT2D eigenvalue weighted by Gasteiger charge is -2.39. The smallest absolute Gasteiger partial charge is 0.106 e. The third-order valence-electron chi connectivity index (χ3n) is 7.74. The first kappa shape index (κ1) is 25.9. The Morgan fingerprint density at radius 1 is 0.744 bits per heavy atom. The molecule has 5 aromatic rings. The SMILES string of the molecule is Cc1nc2cc(CN3CCN(C(c4ccccc4)c4ccccc4)CC3)ccc2n1CCSc1ccccc1. The average molecular weight is 533 g/mol. The van der Waals surface area contributed by atoms with Crippen molar-refractivity contribution in [2.45, 2.75) is 31.0 Å². The zero-order valence-corrected chi connectivity index (χ0v) is 23.4. The van der Waals surface area contributed by atoms with E-state index in [0.717, 1.165) is 56.4 Å². The molecule has 5 heteroatoms. The fourth-order valence-corrected chi connectivity index (χ4v) is 6.63. The molecule has 0 aliphatic carbocycles. The Morgan fingerprint density at radius 3 is 2.00 bits per heavy atom. The number of nitrogens with zero attached hydrogens (tertiary/aromatic N) is 4. The van der Waals surface area contributed by atoms with Crippen LogP contribution in [0.5, 0.6) is 0 Å². The van der Waals surface area contributed by atoms with E-state index in [-0.39, 0.29) is 0 Å². The molecule has 0 bridgehead atoms. The predicted molar refractivity (Wildman–Crippen MR) is 163 cm³/mol. The second-order valence-corrected chi connectivity index (χ2v) is 11.5.